The zero-order chi connectivity index (χ0) is 19.8. The minimum atomic E-state index is 0.00599. The molecular weight excluding hydrogens is 360 g/mol. The quantitative estimate of drug-likeness (QED) is 0.733. The monoisotopic (exact) mass is 384 g/mol. The Morgan fingerprint density at radius 2 is 1.55 bits per heavy atom. The van der Waals surface area contributed by atoms with Crippen LogP contribution in [0.1, 0.15) is 40.0 Å². The van der Waals surface area contributed by atoms with Crippen molar-refractivity contribution in [2.45, 2.75) is 25.3 Å². The van der Waals surface area contributed by atoms with Crippen molar-refractivity contribution in [1.82, 2.24) is 10.2 Å². The van der Waals surface area contributed by atoms with E-state index in [-0.39, 0.29) is 23.3 Å². The van der Waals surface area contributed by atoms with E-state index in [1.165, 1.54) is 0 Å². The third kappa shape index (κ3) is 3.29. The van der Waals surface area contributed by atoms with Crippen LogP contribution in [-0.4, -0.2) is 35.8 Å². The lowest BCUT2D eigenvalue weighted by molar-refractivity contribution is 0.0668. The Morgan fingerprint density at radius 3 is 2.34 bits per heavy atom. The fraction of sp³-hybridized carbons (Fsp3) is 0.280. The fourth-order valence-corrected chi connectivity index (χ4v) is 4.68. The highest BCUT2D eigenvalue weighted by Gasteiger charge is 2.56. The van der Waals surface area contributed by atoms with Gasteiger partial charge in [-0.25, -0.2) is 0 Å². The second kappa shape index (κ2) is 7.03. The van der Waals surface area contributed by atoms with Gasteiger partial charge >= 0.3 is 0 Å². The third-order valence-corrected chi connectivity index (χ3v) is 6.60. The van der Waals surface area contributed by atoms with E-state index in [1.807, 2.05) is 77.7 Å². The molecule has 1 unspecified atom stereocenters. The first-order valence-electron chi connectivity index (χ1n) is 10.3. The molecule has 1 aliphatic heterocycles. The van der Waals surface area contributed by atoms with Crippen molar-refractivity contribution in [3.8, 4) is 0 Å². The number of hydrogen-bond acceptors (Lipinski definition) is 2. The summed E-state index contributed by atoms with van der Waals surface area (Å²) in [5.41, 5.74) is 1.65. The summed E-state index contributed by atoms with van der Waals surface area (Å²) in [5.74, 6) is 0.115. The van der Waals surface area contributed by atoms with Gasteiger partial charge in [-0.05, 0) is 53.6 Å². The van der Waals surface area contributed by atoms with Crippen molar-refractivity contribution in [3.63, 3.8) is 0 Å². The number of benzene rings is 3. The molecule has 2 fully saturated rings. The van der Waals surface area contributed by atoms with Crippen molar-refractivity contribution in [2.24, 2.45) is 5.41 Å². The van der Waals surface area contributed by atoms with E-state index in [0.717, 1.165) is 54.3 Å². The summed E-state index contributed by atoms with van der Waals surface area (Å²) in [6.45, 7) is 1.52. The average molecular weight is 384 g/mol. The van der Waals surface area contributed by atoms with Crippen LogP contribution in [0.2, 0.25) is 0 Å². The maximum absolute atomic E-state index is 12.9. The molecule has 146 valence electrons. The van der Waals surface area contributed by atoms with E-state index in [1.54, 1.807) is 0 Å². The number of rotatable bonds is 3. The Bertz CT molecular complexity index is 1060. The number of nitrogens with zero attached hydrogens (tertiary/aromatic N) is 1. The van der Waals surface area contributed by atoms with Gasteiger partial charge in [-0.15, -0.1) is 0 Å². The van der Waals surface area contributed by atoms with Crippen LogP contribution in [0.25, 0.3) is 10.8 Å². The molecule has 2 amide bonds. The second-order valence-electron chi connectivity index (χ2n) is 8.28. The molecule has 1 aliphatic carbocycles. The zero-order valence-corrected chi connectivity index (χ0v) is 16.3. The zero-order valence-electron chi connectivity index (χ0n) is 16.3. The van der Waals surface area contributed by atoms with Gasteiger partial charge in [0.2, 0.25) is 0 Å². The fourth-order valence-electron chi connectivity index (χ4n) is 4.68. The summed E-state index contributed by atoms with van der Waals surface area (Å²) in [5, 5.41) is 5.33. The van der Waals surface area contributed by atoms with Gasteiger partial charge in [0.25, 0.3) is 11.8 Å². The molecule has 2 aliphatic rings. The highest BCUT2D eigenvalue weighted by atomic mass is 16.2. The van der Waals surface area contributed by atoms with Gasteiger partial charge in [-0.2, -0.15) is 0 Å². The summed E-state index contributed by atoms with van der Waals surface area (Å²) >= 11 is 0. The van der Waals surface area contributed by atoms with E-state index < -0.39 is 0 Å². The van der Waals surface area contributed by atoms with E-state index in [2.05, 4.69) is 5.32 Å². The Hall–Kier alpha value is -3.14. The Kier molecular flexibility index (Phi) is 4.35. The molecule has 4 nitrogen and oxygen atoms in total. The van der Waals surface area contributed by atoms with Crippen LogP contribution in [0, 0.1) is 5.41 Å². The van der Waals surface area contributed by atoms with Gasteiger partial charge in [-0.3, -0.25) is 9.59 Å². The number of carbonyl (C=O) groups excluding carboxylic acids is 2. The molecule has 0 radical (unpaired) electrons. The average Bonchev–Trinajstić information content (AvgIpc) is 3.44. The minimum absolute atomic E-state index is 0.00599. The van der Waals surface area contributed by atoms with Gasteiger partial charge in [0.05, 0.1) is 0 Å². The molecule has 3 aromatic carbocycles. The Balaban J connectivity index is 1.22. The Labute approximate surface area is 170 Å². The van der Waals surface area contributed by atoms with E-state index in [4.69, 9.17) is 0 Å². The molecule has 1 spiro atoms. The van der Waals surface area contributed by atoms with Gasteiger partial charge < -0.3 is 10.2 Å². The van der Waals surface area contributed by atoms with Crippen LogP contribution in [-0.2, 0) is 0 Å². The van der Waals surface area contributed by atoms with Gasteiger partial charge in [0.1, 0.15) is 0 Å². The maximum atomic E-state index is 12.9. The predicted molar refractivity (Wildman–Crippen MR) is 114 cm³/mol. The second-order valence-corrected chi connectivity index (χ2v) is 8.28. The van der Waals surface area contributed by atoms with Crippen molar-refractivity contribution in [3.05, 3.63) is 83.9 Å². The smallest absolute Gasteiger partial charge is 0.253 e. The Morgan fingerprint density at radius 1 is 0.862 bits per heavy atom. The molecule has 29 heavy (non-hydrogen) atoms. The standard InChI is InChI=1S/C25H24N2O2/c28-23(21-12-6-10-18-7-4-5-11-20(18)21)26-22-17-25(22)13-15-27(16-14-25)24(29)19-8-2-1-3-9-19/h1-12,22H,13-17H2,(H,26,28). The van der Waals surface area contributed by atoms with Crippen LogP contribution < -0.4 is 5.32 Å². The SMILES string of the molecule is O=C(NC1CC12CCN(C(=O)c1ccccc1)CC2)c1cccc2ccccc12. The van der Waals surface area contributed by atoms with Gasteiger partial charge in [0, 0.05) is 30.3 Å². The molecule has 1 atom stereocenters. The van der Waals surface area contributed by atoms with Crippen LogP contribution in [0.5, 0.6) is 0 Å². The van der Waals surface area contributed by atoms with Crippen LogP contribution in [0.3, 0.4) is 0 Å². The highest BCUT2D eigenvalue weighted by molar-refractivity contribution is 6.07. The topological polar surface area (TPSA) is 49.4 Å². The third-order valence-electron chi connectivity index (χ3n) is 6.60. The summed E-state index contributed by atoms with van der Waals surface area (Å²) in [6, 6.07) is 23.5. The molecule has 0 aromatic heterocycles. The largest absolute Gasteiger partial charge is 0.349 e. The molecule has 1 saturated heterocycles. The lowest BCUT2D eigenvalue weighted by atomic mass is 9.92. The number of nitrogens with one attached hydrogen (secondary N) is 1. The predicted octanol–water partition coefficient (Wildman–Crippen LogP) is 4.26. The molecule has 1 heterocycles. The van der Waals surface area contributed by atoms with Crippen molar-refractivity contribution in [2.75, 3.05) is 13.1 Å². The first-order valence-corrected chi connectivity index (χ1v) is 10.3. The lowest BCUT2D eigenvalue weighted by Crippen LogP contribution is -2.41. The van der Waals surface area contributed by atoms with Gasteiger partial charge in [0.15, 0.2) is 0 Å². The van der Waals surface area contributed by atoms with Crippen LogP contribution >= 0.6 is 0 Å². The summed E-state index contributed by atoms with van der Waals surface area (Å²) < 4.78 is 0. The number of fused-ring (bicyclic) bond motifs is 1. The maximum Gasteiger partial charge on any atom is 0.253 e. The number of likely N-dealkylation sites (tertiary alicyclic amines) is 1. The van der Waals surface area contributed by atoms with Crippen molar-refractivity contribution >= 4 is 22.6 Å². The minimum Gasteiger partial charge on any atom is -0.349 e. The summed E-state index contributed by atoms with van der Waals surface area (Å²) in [7, 11) is 0. The van der Waals surface area contributed by atoms with E-state index >= 15 is 0 Å². The number of carbonyl (C=O) groups is 2. The summed E-state index contributed by atoms with van der Waals surface area (Å²) in [6.07, 6.45) is 2.91. The normalized spacial score (nSPS) is 19.9. The molecule has 1 saturated carbocycles. The lowest BCUT2D eigenvalue weighted by Gasteiger charge is -2.33. The number of amides is 2. The van der Waals surface area contributed by atoms with Crippen LogP contribution in [0.15, 0.2) is 72.8 Å². The first-order chi connectivity index (χ1) is 14.2. The molecule has 4 heteroatoms. The number of piperidine rings is 1. The highest BCUT2D eigenvalue weighted by Crippen LogP contribution is 2.54. The molecule has 1 N–H and O–H groups in total. The van der Waals surface area contributed by atoms with Crippen molar-refractivity contribution in [1.29, 1.82) is 0 Å². The molecule has 0 bridgehead atoms. The van der Waals surface area contributed by atoms with Crippen molar-refractivity contribution < 1.29 is 9.59 Å². The molecular formula is C25H24N2O2. The molecule has 3 aromatic rings. The van der Waals surface area contributed by atoms with E-state index in [0.29, 0.717) is 0 Å². The summed E-state index contributed by atoms with van der Waals surface area (Å²) in [4.78, 5) is 27.5. The number of hydrogen-bond donors (Lipinski definition) is 1. The first kappa shape index (κ1) is 17.9. The molecule has 5 rings (SSSR count). The van der Waals surface area contributed by atoms with Gasteiger partial charge in [-0.1, -0.05) is 54.6 Å². The van der Waals surface area contributed by atoms with E-state index in [9.17, 15) is 9.59 Å². The van der Waals surface area contributed by atoms with Crippen LogP contribution in [0.4, 0.5) is 0 Å².